The molecule has 0 aliphatic rings. The largest absolute Gasteiger partial charge is 0.465 e. The molecule has 1 aromatic rings. The van der Waals surface area contributed by atoms with E-state index in [0.717, 1.165) is 0 Å². The van der Waals surface area contributed by atoms with Crippen LogP contribution in [0.4, 0.5) is 0 Å². The Hall–Kier alpha value is -1.67. The van der Waals surface area contributed by atoms with Gasteiger partial charge in [0.15, 0.2) is 5.78 Å². The highest BCUT2D eigenvalue weighted by Gasteiger charge is 2.20. The number of alkyl halides is 1. The quantitative estimate of drug-likeness (QED) is 0.486. The van der Waals surface area contributed by atoms with Gasteiger partial charge >= 0.3 is 5.97 Å². The number of hydrogen-bond donors (Lipinski definition) is 0. The van der Waals surface area contributed by atoms with Crippen LogP contribution in [-0.4, -0.2) is 24.2 Å². The van der Waals surface area contributed by atoms with Gasteiger partial charge in [0.2, 0.25) is 0 Å². The second-order valence-corrected chi connectivity index (χ2v) is 3.99. The molecule has 0 saturated carbocycles. The summed E-state index contributed by atoms with van der Waals surface area (Å²) in [6.07, 6.45) is 0.263. The first-order chi connectivity index (χ1) is 8.15. The summed E-state index contributed by atoms with van der Waals surface area (Å²) in [5, 5.41) is 9.42. The van der Waals surface area contributed by atoms with E-state index in [2.05, 4.69) is 20.7 Å². The number of carbonyl (C=O) groups is 2. The molecule has 5 heteroatoms. The molecule has 0 amide bonds. The van der Waals surface area contributed by atoms with Gasteiger partial charge in [0, 0.05) is 17.3 Å². The molecule has 0 atom stereocenters. The molecule has 0 saturated heterocycles. The van der Waals surface area contributed by atoms with Gasteiger partial charge in [0.25, 0.3) is 0 Å². The molecule has 4 nitrogen and oxygen atoms in total. The zero-order chi connectivity index (χ0) is 12.8. The highest BCUT2D eigenvalue weighted by Crippen LogP contribution is 2.17. The number of hydrogen-bond acceptors (Lipinski definition) is 4. The molecule has 1 aromatic carbocycles. The van der Waals surface area contributed by atoms with Crippen LogP contribution >= 0.6 is 15.9 Å². The van der Waals surface area contributed by atoms with E-state index in [9.17, 15) is 9.59 Å². The van der Waals surface area contributed by atoms with Gasteiger partial charge in [-0.25, -0.2) is 4.79 Å². The number of ketones is 1. The van der Waals surface area contributed by atoms with Crippen molar-refractivity contribution in [2.75, 3.05) is 12.4 Å². The predicted molar refractivity (Wildman–Crippen MR) is 65.2 cm³/mol. The predicted octanol–water partition coefficient (Wildman–Crippen LogP) is 2.31. The third-order valence-corrected chi connectivity index (χ3v) is 2.59. The topological polar surface area (TPSA) is 67.2 Å². The lowest BCUT2D eigenvalue weighted by atomic mass is 9.97. The first kappa shape index (κ1) is 13.4. The van der Waals surface area contributed by atoms with Gasteiger partial charge in [0.05, 0.1) is 18.2 Å². The molecule has 88 valence electrons. The maximum Gasteiger partial charge on any atom is 0.339 e. The standard InChI is InChI=1S/C12H10BrNO3/c1-17-12(16)11-8(7-14)3-2-4-9(11)10(15)5-6-13/h2-4H,5-6H2,1H3. The fraction of sp³-hybridized carbons (Fsp3) is 0.250. The number of rotatable bonds is 4. The minimum atomic E-state index is -0.667. The van der Waals surface area contributed by atoms with Crippen molar-refractivity contribution in [1.29, 1.82) is 5.26 Å². The molecule has 0 aliphatic heterocycles. The van der Waals surface area contributed by atoms with Crippen molar-refractivity contribution in [3.63, 3.8) is 0 Å². The first-order valence-corrected chi connectivity index (χ1v) is 5.98. The van der Waals surface area contributed by atoms with Gasteiger partial charge in [-0.15, -0.1) is 0 Å². The van der Waals surface area contributed by atoms with Crippen LogP contribution < -0.4 is 0 Å². The summed E-state index contributed by atoms with van der Waals surface area (Å²) in [5.74, 6) is -0.862. The van der Waals surface area contributed by atoms with Crippen molar-refractivity contribution in [2.45, 2.75) is 6.42 Å². The average Bonchev–Trinajstić information content (AvgIpc) is 2.37. The van der Waals surface area contributed by atoms with Gasteiger partial charge in [0.1, 0.15) is 6.07 Å². The average molecular weight is 296 g/mol. The number of halogens is 1. The van der Waals surface area contributed by atoms with Gasteiger partial charge in [-0.05, 0) is 6.07 Å². The van der Waals surface area contributed by atoms with Crippen molar-refractivity contribution >= 4 is 27.7 Å². The summed E-state index contributed by atoms with van der Waals surface area (Å²) in [6, 6.07) is 6.47. The Morgan fingerprint density at radius 3 is 2.71 bits per heavy atom. The molecule has 0 bridgehead atoms. The summed E-state index contributed by atoms with van der Waals surface area (Å²) in [7, 11) is 1.22. The molecule has 1 rings (SSSR count). The van der Waals surface area contributed by atoms with Crippen molar-refractivity contribution in [1.82, 2.24) is 0 Å². The van der Waals surface area contributed by atoms with E-state index in [1.807, 2.05) is 6.07 Å². The second kappa shape index (κ2) is 6.16. The van der Waals surface area contributed by atoms with Crippen molar-refractivity contribution in [3.05, 3.63) is 34.9 Å². The molecular formula is C12H10BrNO3. The van der Waals surface area contributed by atoms with Crippen LogP contribution in [-0.2, 0) is 4.74 Å². The molecule has 0 fully saturated rings. The Bertz CT molecular complexity index is 491. The summed E-state index contributed by atoms with van der Waals surface area (Å²) < 4.78 is 4.59. The number of nitriles is 1. The number of carbonyl (C=O) groups excluding carboxylic acids is 2. The van der Waals surface area contributed by atoms with Crippen molar-refractivity contribution in [3.8, 4) is 6.07 Å². The normalized spacial score (nSPS) is 9.47. The fourth-order valence-corrected chi connectivity index (χ4v) is 1.78. The monoisotopic (exact) mass is 295 g/mol. The molecule has 0 spiro atoms. The van der Waals surface area contributed by atoms with E-state index >= 15 is 0 Å². The van der Waals surface area contributed by atoms with E-state index in [0.29, 0.717) is 5.33 Å². The summed E-state index contributed by atoms with van der Waals surface area (Å²) >= 11 is 3.16. The Kier molecular flexibility index (Phi) is 4.85. The molecule has 0 heterocycles. The minimum Gasteiger partial charge on any atom is -0.465 e. The Morgan fingerprint density at radius 1 is 1.47 bits per heavy atom. The molecule has 0 N–H and O–H groups in total. The van der Waals surface area contributed by atoms with Crippen LogP contribution in [0.1, 0.15) is 32.7 Å². The smallest absolute Gasteiger partial charge is 0.339 e. The summed E-state index contributed by atoms with van der Waals surface area (Å²) in [6.45, 7) is 0. The number of Topliss-reactive ketones (excluding diaryl/α,β-unsaturated/α-hetero) is 1. The van der Waals surface area contributed by atoms with E-state index in [4.69, 9.17) is 5.26 Å². The van der Waals surface area contributed by atoms with Crippen LogP contribution in [0.25, 0.3) is 0 Å². The van der Waals surface area contributed by atoms with E-state index < -0.39 is 5.97 Å². The summed E-state index contributed by atoms with van der Waals surface area (Å²) in [5.41, 5.74) is 0.427. The third-order valence-electron chi connectivity index (χ3n) is 2.20. The van der Waals surface area contributed by atoms with Gasteiger partial charge in [-0.2, -0.15) is 5.26 Å². The number of nitrogens with zero attached hydrogens (tertiary/aromatic N) is 1. The zero-order valence-electron chi connectivity index (χ0n) is 9.20. The van der Waals surface area contributed by atoms with Crippen LogP contribution in [0.15, 0.2) is 18.2 Å². The minimum absolute atomic E-state index is 0.0449. The van der Waals surface area contributed by atoms with Crippen molar-refractivity contribution < 1.29 is 14.3 Å². The van der Waals surface area contributed by atoms with Crippen LogP contribution in [0.2, 0.25) is 0 Å². The van der Waals surface area contributed by atoms with Crippen LogP contribution in [0, 0.1) is 11.3 Å². The molecule has 0 aromatic heterocycles. The molecule has 0 aliphatic carbocycles. The maximum atomic E-state index is 11.8. The van der Waals surface area contributed by atoms with Gasteiger partial charge < -0.3 is 4.74 Å². The highest BCUT2D eigenvalue weighted by molar-refractivity contribution is 9.09. The lowest BCUT2D eigenvalue weighted by Gasteiger charge is -2.07. The zero-order valence-corrected chi connectivity index (χ0v) is 10.8. The van der Waals surface area contributed by atoms with E-state index in [-0.39, 0.29) is 28.9 Å². The van der Waals surface area contributed by atoms with E-state index in [1.165, 1.54) is 19.2 Å². The summed E-state index contributed by atoms with van der Waals surface area (Å²) in [4.78, 5) is 23.4. The number of esters is 1. The second-order valence-electron chi connectivity index (χ2n) is 3.19. The number of benzene rings is 1. The Morgan fingerprint density at radius 2 is 2.18 bits per heavy atom. The number of methoxy groups -OCH3 is 1. The lowest BCUT2D eigenvalue weighted by molar-refractivity contribution is 0.0596. The molecule has 0 radical (unpaired) electrons. The van der Waals surface area contributed by atoms with Crippen molar-refractivity contribution in [2.24, 2.45) is 0 Å². The Labute approximate surface area is 107 Å². The Balaban J connectivity index is 3.35. The van der Waals surface area contributed by atoms with Crippen LogP contribution in [0.5, 0.6) is 0 Å². The third kappa shape index (κ3) is 2.92. The molecular weight excluding hydrogens is 286 g/mol. The first-order valence-electron chi connectivity index (χ1n) is 4.86. The van der Waals surface area contributed by atoms with E-state index in [1.54, 1.807) is 6.07 Å². The molecule has 17 heavy (non-hydrogen) atoms. The highest BCUT2D eigenvalue weighted by atomic mass is 79.9. The SMILES string of the molecule is COC(=O)c1c(C#N)cccc1C(=O)CCBr. The van der Waals surface area contributed by atoms with Gasteiger partial charge in [-0.1, -0.05) is 28.1 Å². The fourth-order valence-electron chi connectivity index (χ4n) is 1.42. The maximum absolute atomic E-state index is 11.8. The lowest BCUT2D eigenvalue weighted by Crippen LogP contribution is -2.13. The number of ether oxygens (including phenoxy) is 1. The van der Waals surface area contributed by atoms with Crippen LogP contribution in [0.3, 0.4) is 0 Å². The van der Waals surface area contributed by atoms with Gasteiger partial charge in [-0.3, -0.25) is 4.79 Å². The molecule has 0 unspecified atom stereocenters.